The maximum atomic E-state index is 11.6. The lowest BCUT2D eigenvalue weighted by atomic mass is 9.97. The first-order valence-electron chi connectivity index (χ1n) is 6.84. The lowest BCUT2D eigenvalue weighted by Crippen LogP contribution is -2.27. The molecule has 0 atom stereocenters. The first-order chi connectivity index (χ1) is 9.47. The van der Waals surface area contributed by atoms with Gasteiger partial charge in [-0.25, -0.2) is 13.4 Å². The topological polar surface area (TPSA) is 64.0 Å². The first kappa shape index (κ1) is 13.6. The number of benzene rings is 1. The number of piperidine rings is 1. The van der Waals surface area contributed by atoms with Gasteiger partial charge >= 0.3 is 0 Å². The van der Waals surface area contributed by atoms with Crippen LogP contribution in [0.5, 0.6) is 0 Å². The number of hydrogen-bond donors (Lipinski definition) is 1. The largest absolute Gasteiger partial charge is 0.331 e. The number of rotatable bonds is 2. The maximum Gasteiger partial charge on any atom is 0.175 e. The molecule has 2 heterocycles. The number of sulfone groups is 1. The highest BCUT2D eigenvalue weighted by Gasteiger charge is 2.21. The molecule has 1 saturated heterocycles. The van der Waals surface area contributed by atoms with E-state index in [0.29, 0.717) is 10.8 Å². The molecule has 3 rings (SSSR count). The third-order valence-electron chi connectivity index (χ3n) is 4.02. The zero-order valence-electron chi connectivity index (χ0n) is 11.8. The molecule has 6 heteroatoms. The van der Waals surface area contributed by atoms with Crippen LogP contribution in [0, 0.1) is 0 Å². The van der Waals surface area contributed by atoms with Gasteiger partial charge in [0, 0.05) is 19.2 Å². The van der Waals surface area contributed by atoms with Crippen molar-refractivity contribution in [1.29, 1.82) is 0 Å². The highest BCUT2D eigenvalue weighted by Crippen LogP contribution is 2.28. The van der Waals surface area contributed by atoms with Gasteiger partial charge in [0.05, 0.1) is 15.9 Å². The maximum absolute atomic E-state index is 11.6. The van der Waals surface area contributed by atoms with Crippen molar-refractivity contribution < 1.29 is 8.42 Å². The summed E-state index contributed by atoms with van der Waals surface area (Å²) < 4.78 is 25.3. The van der Waals surface area contributed by atoms with Gasteiger partial charge in [-0.15, -0.1) is 0 Å². The number of imidazole rings is 1. The molecule has 0 radical (unpaired) electrons. The highest BCUT2D eigenvalue weighted by atomic mass is 32.2. The Morgan fingerprint density at radius 3 is 2.65 bits per heavy atom. The van der Waals surface area contributed by atoms with E-state index in [0.717, 1.165) is 42.8 Å². The lowest BCUT2D eigenvalue weighted by Gasteiger charge is -2.22. The highest BCUT2D eigenvalue weighted by molar-refractivity contribution is 7.90. The quantitative estimate of drug-likeness (QED) is 0.910. The monoisotopic (exact) mass is 293 g/mol. The third-order valence-corrected chi connectivity index (χ3v) is 5.13. The second-order valence-electron chi connectivity index (χ2n) is 5.48. The molecule has 1 aromatic carbocycles. The van der Waals surface area contributed by atoms with Crippen LogP contribution in [0.2, 0.25) is 0 Å². The Bertz CT molecular complexity index is 743. The molecule has 1 fully saturated rings. The Kier molecular flexibility index (Phi) is 3.30. The molecule has 0 spiro atoms. The van der Waals surface area contributed by atoms with Crippen molar-refractivity contribution in [3.05, 3.63) is 24.0 Å². The van der Waals surface area contributed by atoms with Crippen LogP contribution in [0.1, 0.15) is 24.6 Å². The molecule has 0 aliphatic carbocycles. The van der Waals surface area contributed by atoms with Crippen LogP contribution < -0.4 is 5.32 Å². The van der Waals surface area contributed by atoms with Crippen LogP contribution in [0.4, 0.5) is 0 Å². The minimum absolute atomic E-state index is 0.333. The summed E-state index contributed by atoms with van der Waals surface area (Å²) in [6.07, 6.45) is 3.39. The van der Waals surface area contributed by atoms with E-state index >= 15 is 0 Å². The molecule has 2 aromatic rings. The summed E-state index contributed by atoms with van der Waals surface area (Å²) in [4.78, 5) is 5.01. The Morgan fingerprint density at radius 1 is 1.30 bits per heavy atom. The molecule has 20 heavy (non-hydrogen) atoms. The van der Waals surface area contributed by atoms with Crippen molar-refractivity contribution in [2.45, 2.75) is 23.7 Å². The van der Waals surface area contributed by atoms with Crippen LogP contribution >= 0.6 is 0 Å². The molecular weight excluding hydrogens is 274 g/mol. The number of nitrogens with one attached hydrogen (secondary N) is 1. The molecule has 0 saturated carbocycles. The summed E-state index contributed by atoms with van der Waals surface area (Å²) in [6, 6.07) is 5.18. The van der Waals surface area contributed by atoms with Gasteiger partial charge in [0.1, 0.15) is 5.82 Å². The van der Waals surface area contributed by atoms with Gasteiger partial charge in [-0.2, -0.15) is 0 Å². The minimum Gasteiger partial charge on any atom is -0.331 e. The SMILES string of the molecule is Cn1c(C2CCNCC2)nc2cc(S(C)(=O)=O)ccc21. The summed E-state index contributed by atoms with van der Waals surface area (Å²) in [7, 11) is -1.18. The van der Waals surface area contributed by atoms with E-state index in [-0.39, 0.29) is 0 Å². The number of aromatic nitrogens is 2. The summed E-state index contributed by atoms with van der Waals surface area (Å²) in [6.45, 7) is 2.03. The smallest absolute Gasteiger partial charge is 0.175 e. The van der Waals surface area contributed by atoms with E-state index in [1.807, 2.05) is 13.1 Å². The van der Waals surface area contributed by atoms with Gasteiger partial charge in [-0.1, -0.05) is 0 Å². The van der Waals surface area contributed by atoms with Gasteiger partial charge in [0.15, 0.2) is 9.84 Å². The molecule has 108 valence electrons. The second-order valence-corrected chi connectivity index (χ2v) is 7.49. The fraction of sp³-hybridized carbons (Fsp3) is 0.500. The number of hydrogen-bond acceptors (Lipinski definition) is 4. The number of fused-ring (bicyclic) bond motifs is 1. The van der Waals surface area contributed by atoms with Crippen molar-refractivity contribution in [1.82, 2.24) is 14.9 Å². The van der Waals surface area contributed by atoms with Crippen molar-refractivity contribution in [2.75, 3.05) is 19.3 Å². The first-order valence-corrected chi connectivity index (χ1v) is 8.73. The standard InChI is InChI=1S/C14H19N3O2S/c1-17-13-4-3-11(20(2,18)19)9-12(13)16-14(17)10-5-7-15-8-6-10/h3-4,9-10,15H,5-8H2,1-2H3. The zero-order chi connectivity index (χ0) is 14.3. The van der Waals surface area contributed by atoms with Crippen LogP contribution in [-0.2, 0) is 16.9 Å². The van der Waals surface area contributed by atoms with Crippen LogP contribution in [-0.4, -0.2) is 37.3 Å². The molecule has 1 aliphatic heterocycles. The molecular formula is C14H19N3O2S. The van der Waals surface area contributed by atoms with Gasteiger partial charge in [0.25, 0.3) is 0 Å². The predicted octanol–water partition coefficient (Wildman–Crippen LogP) is 1.44. The van der Waals surface area contributed by atoms with Crippen LogP contribution in [0.15, 0.2) is 23.1 Å². The minimum atomic E-state index is -3.18. The number of aryl methyl sites for hydroxylation is 1. The Balaban J connectivity index is 2.09. The van der Waals surface area contributed by atoms with E-state index in [1.165, 1.54) is 6.26 Å². The second kappa shape index (κ2) is 4.86. The fourth-order valence-corrected chi connectivity index (χ4v) is 3.52. The van der Waals surface area contributed by atoms with E-state index in [1.54, 1.807) is 12.1 Å². The van der Waals surface area contributed by atoms with Crippen LogP contribution in [0.25, 0.3) is 11.0 Å². The van der Waals surface area contributed by atoms with Crippen LogP contribution in [0.3, 0.4) is 0 Å². The van der Waals surface area contributed by atoms with E-state index in [4.69, 9.17) is 0 Å². The van der Waals surface area contributed by atoms with Gasteiger partial charge in [-0.3, -0.25) is 0 Å². The fourth-order valence-electron chi connectivity index (χ4n) is 2.87. The molecule has 1 aromatic heterocycles. The Hall–Kier alpha value is -1.40. The van der Waals surface area contributed by atoms with Crippen molar-refractivity contribution in [3.8, 4) is 0 Å². The summed E-state index contributed by atoms with van der Waals surface area (Å²) >= 11 is 0. The van der Waals surface area contributed by atoms with Crippen molar-refractivity contribution in [3.63, 3.8) is 0 Å². The van der Waals surface area contributed by atoms with Gasteiger partial charge in [-0.05, 0) is 44.1 Å². The average molecular weight is 293 g/mol. The summed E-state index contributed by atoms with van der Waals surface area (Å²) in [5, 5.41) is 3.35. The Morgan fingerprint density at radius 2 is 2.00 bits per heavy atom. The third kappa shape index (κ3) is 2.33. The van der Waals surface area contributed by atoms with E-state index < -0.39 is 9.84 Å². The summed E-state index contributed by atoms with van der Waals surface area (Å²) in [5.74, 6) is 1.52. The molecule has 0 amide bonds. The van der Waals surface area contributed by atoms with Gasteiger partial charge in [0.2, 0.25) is 0 Å². The van der Waals surface area contributed by atoms with Gasteiger partial charge < -0.3 is 9.88 Å². The average Bonchev–Trinajstić information content (AvgIpc) is 2.76. The normalized spacial score (nSPS) is 17.7. The predicted molar refractivity (Wildman–Crippen MR) is 78.7 cm³/mol. The molecule has 1 N–H and O–H groups in total. The van der Waals surface area contributed by atoms with E-state index in [2.05, 4.69) is 14.9 Å². The molecule has 0 unspecified atom stereocenters. The summed E-state index contributed by atoms with van der Waals surface area (Å²) in [5.41, 5.74) is 1.76. The van der Waals surface area contributed by atoms with Crippen molar-refractivity contribution >= 4 is 20.9 Å². The zero-order valence-corrected chi connectivity index (χ0v) is 12.6. The Labute approximate surface area is 118 Å². The molecule has 5 nitrogen and oxygen atoms in total. The van der Waals surface area contributed by atoms with E-state index in [9.17, 15) is 8.42 Å². The lowest BCUT2D eigenvalue weighted by molar-refractivity contribution is 0.438. The number of nitrogens with zero attached hydrogens (tertiary/aromatic N) is 2. The molecule has 0 bridgehead atoms. The molecule has 1 aliphatic rings. The van der Waals surface area contributed by atoms with Crippen molar-refractivity contribution in [2.24, 2.45) is 7.05 Å².